The van der Waals surface area contributed by atoms with E-state index in [9.17, 15) is 17.6 Å². The number of rotatable bonds is 7. The maximum absolute atomic E-state index is 13.9. The minimum Gasteiger partial charge on any atom is -0.361 e. The summed E-state index contributed by atoms with van der Waals surface area (Å²) in [6.07, 6.45) is -0.349. The van der Waals surface area contributed by atoms with Gasteiger partial charge in [0.25, 0.3) is 0 Å². The zero-order valence-corrected chi connectivity index (χ0v) is 20.3. The fourth-order valence-corrected chi connectivity index (χ4v) is 4.43. The lowest BCUT2D eigenvalue weighted by Gasteiger charge is -2.17. The molecule has 4 aromatic heterocycles. The number of halogens is 4. The van der Waals surface area contributed by atoms with Crippen LogP contribution in [0.5, 0.6) is 0 Å². The van der Waals surface area contributed by atoms with Gasteiger partial charge in [0.05, 0.1) is 11.9 Å². The van der Waals surface area contributed by atoms with Crippen molar-refractivity contribution in [2.45, 2.75) is 38.6 Å². The smallest absolute Gasteiger partial charge is 0.361 e. The van der Waals surface area contributed by atoms with Crippen LogP contribution in [-0.4, -0.2) is 39.0 Å². The fourth-order valence-electron chi connectivity index (χ4n) is 3.67. The monoisotopic (exact) mass is 491 g/mol. The number of alkyl halides is 3. The summed E-state index contributed by atoms with van der Waals surface area (Å²) < 4.78 is 63.5. The van der Waals surface area contributed by atoms with Crippen LogP contribution in [0.4, 0.5) is 17.6 Å². The molecule has 6 nitrogen and oxygen atoms in total. The average molecular weight is 492 g/mol. The molecule has 0 bridgehead atoms. The second kappa shape index (κ2) is 8.95. The van der Waals surface area contributed by atoms with Gasteiger partial charge in [0.1, 0.15) is 29.6 Å². The predicted molar refractivity (Wildman–Crippen MR) is 124 cm³/mol. The summed E-state index contributed by atoms with van der Waals surface area (Å²) in [4.78, 5) is 8.34. The summed E-state index contributed by atoms with van der Waals surface area (Å²) in [5.74, 6) is -0.492. The van der Waals surface area contributed by atoms with E-state index in [1.807, 2.05) is 0 Å². The van der Waals surface area contributed by atoms with E-state index in [1.54, 1.807) is 24.0 Å². The molecular formula is C23H25F4N5OSi. The first-order chi connectivity index (χ1) is 15.9. The summed E-state index contributed by atoms with van der Waals surface area (Å²) in [6, 6.07) is 6.32. The van der Waals surface area contributed by atoms with Gasteiger partial charge in [-0.25, -0.2) is 9.37 Å². The van der Waals surface area contributed by atoms with Crippen molar-refractivity contribution < 1.29 is 22.3 Å². The zero-order valence-electron chi connectivity index (χ0n) is 19.3. The number of aryl methyl sites for hydroxylation is 1. The lowest BCUT2D eigenvalue weighted by molar-refractivity contribution is -0.145. The van der Waals surface area contributed by atoms with Crippen molar-refractivity contribution in [2.75, 3.05) is 6.61 Å². The molecule has 0 aliphatic carbocycles. The van der Waals surface area contributed by atoms with Crippen LogP contribution in [0, 0.1) is 5.82 Å². The van der Waals surface area contributed by atoms with Crippen molar-refractivity contribution in [2.24, 2.45) is 7.05 Å². The number of aromatic nitrogens is 5. The molecule has 4 heterocycles. The Labute approximate surface area is 195 Å². The first kappa shape index (κ1) is 24.1. The van der Waals surface area contributed by atoms with Gasteiger partial charge in [0.15, 0.2) is 0 Å². The van der Waals surface area contributed by atoms with E-state index >= 15 is 0 Å². The third-order valence-electron chi connectivity index (χ3n) is 5.39. The van der Waals surface area contributed by atoms with Gasteiger partial charge in [-0.05, 0) is 35.9 Å². The largest absolute Gasteiger partial charge is 0.431 e. The zero-order chi connectivity index (χ0) is 24.7. The third-order valence-corrected chi connectivity index (χ3v) is 7.10. The molecule has 0 unspecified atom stereocenters. The fraction of sp³-hybridized carbons (Fsp3) is 0.348. The van der Waals surface area contributed by atoms with Gasteiger partial charge in [-0.3, -0.25) is 14.2 Å². The average Bonchev–Trinajstić information content (AvgIpc) is 3.31. The van der Waals surface area contributed by atoms with Gasteiger partial charge in [-0.15, -0.1) is 0 Å². The van der Waals surface area contributed by atoms with E-state index in [2.05, 4.69) is 34.7 Å². The van der Waals surface area contributed by atoms with Crippen molar-refractivity contribution in [3.8, 4) is 22.5 Å². The van der Waals surface area contributed by atoms with Crippen LogP contribution >= 0.6 is 0 Å². The van der Waals surface area contributed by atoms with Crippen molar-refractivity contribution in [1.82, 2.24) is 24.3 Å². The number of hydrogen-bond acceptors (Lipinski definition) is 4. The Hall–Kier alpha value is -3.05. The van der Waals surface area contributed by atoms with Gasteiger partial charge in [-0.2, -0.15) is 18.3 Å². The van der Waals surface area contributed by atoms with Gasteiger partial charge >= 0.3 is 6.18 Å². The highest BCUT2D eigenvalue weighted by Gasteiger charge is 2.36. The highest BCUT2D eigenvalue weighted by Crippen LogP contribution is 2.39. The minimum absolute atomic E-state index is 0.166. The van der Waals surface area contributed by atoms with Crippen LogP contribution in [0.3, 0.4) is 0 Å². The molecule has 0 amide bonds. The second-order valence-corrected chi connectivity index (χ2v) is 14.9. The molecule has 4 aromatic rings. The Balaban J connectivity index is 1.81. The highest BCUT2D eigenvalue weighted by molar-refractivity contribution is 6.76. The van der Waals surface area contributed by atoms with Crippen LogP contribution in [0.25, 0.3) is 33.5 Å². The second-order valence-electron chi connectivity index (χ2n) is 9.33. The lowest BCUT2D eigenvalue weighted by atomic mass is 10.0. The number of nitrogens with zero attached hydrogens (tertiary/aromatic N) is 5. The maximum atomic E-state index is 13.9. The lowest BCUT2D eigenvalue weighted by Crippen LogP contribution is -2.22. The molecule has 0 atom stereocenters. The molecule has 4 rings (SSSR count). The SMILES string of the molecule is Cn1cc(-c2ccnc3c2cc(C(F)(F)F)n3COCC[Si](C)(C)C)c(-c2ccc(F)cn2)n1. The standard InChI is InChI=1S/C23H25F4N5OSi/c1-31-13-18(21(30-31)19-6-5-15(24)12-29-19)16-7-8-28-22-17(16)11-20(23(25,26)27)32(22)14-33-9-10-34(2,3)4/h5-8,11-13H,9-10,14H2,1-4H3. The van der Waals surface area contributed by atoms with Gasteiger partial charge in [0, 0.05) is 45.1 Å². The normalized spacial score (nSPS) is 12.6. The Kier molecular flexibility index (Phi) is 6.34. The highest BCUT2D eigenvalue weighted by atomic mass is 28.3. The summed E-state index contributed by atoms with van der Waals surface area (Å²) in [7, 11) is 0.315. The van der Waals surface area contributed by atoms with Crippen molar-refractivity contribution in [3.63, 3.8) is 0 Å². The van der Waals surface area contributed by atoms with Crippen LogP contribution in [0.1, 0.15) is 5.69 Å². The molecule has 180 valence electrons. The van der Waals surface area contributed by atoms with E-state index in [-0.39, 0.29) is 12.4 Å². The van der Waals surface area contributed by atoms with Crippen LogP contribution in [0.15, 0.2) is 42.9 Å². The molecule has 0 aromatic carbocycles. The van der Waals surface area contributed by atoms with Crippen molar-refractivity contribution >= 4 is 19.1 Å². The Morgan fingerprint density at radius 1 is 1.06 bits per heavy atom. The molecule has 0 aliphatic heterocycles. The van der Waals surface area contributed by atoms with E-state index in [1.165, 1.54) is 18.3 Å². The molecule has 0 saturated heterocycles. The number of fused-ring (bicyclic) bond motifs is 1. The summed E-state index contributed by atoms with van der Waals surface area (Å²) >= 11 is 0. The Bertz CT molecular complexity index is 1310. The molecule has 0 saturated carbocycles. The van der Waals surface area contributed by atoms with Crippen LogP contribution < -0.4 is 0 Å². The Morgan fingerprint density at radius 3 is 2.47 bits per heavy atom. The van der Waals surface area contributed by atoms with E-state index in [4.69, 9.17) is 4.74 Å². The molecular weight excluding hydrogens is 466 g/mol. The van der Waals surface area contributed by atoms with Crippen molar-refractivity contribution in [1.29, 1.82) is 0 Å². The molecule has 0 spiro atoms. The quantitative estimate of drug-likeness (QED) is 0.182. The van der Waals surface area contributed by atoms with Gasteiger partial charge in [-0.1, -0.05) is 19.6 Å². The molecule has 0 aliphatic rings. The molecule has 0 fully saturated rings. The van der Waals surface area contributed by atoms with Crippen LogP contribution in [-0.2, 0) is 24.7 Å². The van der Waals surface area contributed by atoms with Gasteiger partial charge in [0.2, 0.25) is 0 Å². The summed E-state index contributed by atoms with van der Waals surface area (Å²) in [5.41, 5.74) is 1.26. The predicted octanol–water partition coefficient (Wildman–Crippen LogP) is 5.97. The third kappa shape index (κ3) is 5.04. The summed E-state index contributed by atoms with van der Waals surface area (Å²) in [6.45, 7) is 6.67. The van der Waals surface area contributed by atoms with Crippen LogP contribution in [0.2, 0.25) is 25.7 Å². The molecule has 34 heavy (non-hydrogen) atoms. The number of hydrogen-bond donors (Lipinski definition) is 0. The molecule has 11 heteroatoms. The Morgan fingerprint density at radius 2 is 1.82 bits per heavy atom. The van der Waals surface area contributed by atoms with Crippen molar-refractivity contribution in [3.05, 3.63) is 54.4 Å². The topological polar surface area (TPSA) is 57.8 Å². The summed E-state index contributed by atoms with van der Waals surface area (Å²) in [5, 5.41) is 4.74. The molecule has 0 N–H and O–H groups in total. The first-order valence-corrected chi connectivity index (χ1v) is 14.4. The first-order valence-electron chi connectivity index (χ1n) is 10.7. The van der Waals surface area contributed by atoms with Gasteiger partial charge < -0.3 is 4.74 Å². The van der Waals surface area contributed by atoms with E-state index in [0.29, 0.717) is 34.5 Å². The molecule has 0 radical (unpaired) electrons. The number of pyridine rings is 2. The van der Waals surface area contributed by atoms with E-state index < -0.39 is 25.8 Å². The number of ether oxygens (including phenoxy) is 1. The minimum atomic E-state index is -4.59. The van der Waals surface area contributed by atoms with E-state index in [0.717, 1.165) is 22.9 Å². The maximum Gasteiger partial charge on any atom is 0.431 e.